The molecule has 7 rings (SSSR count). The summed E-state index contributed by atoms with van der Waals surface area (Å²) in [6, 6.07) is 18.4. The summed E-state index contributed by atoms with van der Waals surface area (Å²) in [6.07, 6.45) is 25.9. The van der Waals surface area contributed by atoms with Gasteiger partial charge in [-0.25, -0.2) is 4.39 Å². The normalized spacial score (nSPS) is 24.0. The summed E-state index contributed by atoms with van der Waals surface area (Å²) in [5, 5.41) is 0. The van der Waals surface area contributed by atoms with Crippen molar-refractivity contribution in [3.8, 4) is 0 Å². The van der Waals surface area contributed by atoms with Gasteiger partial charge in [-0.05, 0) is 96.5 Å². The predicted octanol–water partition coefficient (Wildman–Crippen LogP) is 8.83. The number of allylic oxidation sites excluding steroid dienone is 4. The maximum Gasteiger partial charge on any atom is 0.123 e. The molecule has 4 aliphatic rings. The molecule has 2 aromatic heterocycles. The molecule has 3 aromatic rings. The molecule has 0 spiro atoms. The van der Waals surface area contributed by atoms with Crippen LogP contribution in [-0.2, 0) is 6.42 Å². The molecule has 4 nitrogen and oxygen atoms in total. The average Bonchev–Trinajstić information content (AvgIpc) is 3.06. The second kappa shape index (κ2) is 12.8. The van der Waals surface area contributed by atoms with Crippen LogP contribution in [0.5, 0.6) is 0 Å². The first-order valence-electron chi connectivity index (χ1n) is 16.3. The van der Waals surface area contributed by atoms with Crippen molar-refractivity contribution >= 4 is 5.71 Å². The van der Waals surface area contributed by atoms with Crippen LogP contribution in [0.2, 0.25) is 0 Å². The summed E-state index contributed by atoms with van der Waals surface area (Å²) >= 11 is 0. The molecule has 0 radical (unpaired) electrons. The van der Waals surface area contributed by atoms with E-state index < -0.39 is 0 Å². The largest absolute Gasteiger partial charge is 0.366 e. The molecule has 1 aromatic carbocycles. The molecule has 0 bridgehead atoms. The number of benzene rings is 1. The van der Waals surface area contributed by atoms with Crippen molar-refractivity contribution in [2.75, 3.05) is 0 Å². The van der Waals surface area contributed by atoms with Crippen LogP contribution in [0.25, 0.3) is 0 Å². The summed E-state index contributed by atoms with van der Waals surface area (Å²) in [5.41, 5.74) is 7.72. The highest BCUT2D eigenvalue weighted by Crippen LogP contribution is 2.50. The standard InChI is InChI=1S/C38H41FN4/c39-29-18-20-34(28(23-29)24-31-13-7-9-21-40-31)38-37(36-16-8-10-22-41-36)35-25-32(42-30-11-3-1-4-12-30)19-17-27(35)26-43(38)33-14-5-2-6-15-33/h7-10,13,16-23,25-26,30,33,37-38H,1-6,11-12,14-15,24H2/t37-,38-/m0/s1. The van der Waals surface area contributed by atoms with Gasteiger partial charge in [0.1, 0.15) is 5.82 Å². The first-order chi connectivity index (χ1) is 21.2. The van der Waals surface area contributed by atoms with Crippen molar-refractivity contribution < 1.29 is 4.39 Å². The molecule has 0 N–H and O–H groups in total. The van der Waals surface area contributed by atoms with Gasteiger partial charge in [0.2, 0.25) is 0 Å². The van der Waals surface area contributed by atoms with E-state index >= 15 is 0 Å². The predicted molar refractivity (Wildman–Crippen MR) is 171 cm³/mol. The molecule has 0 amide bonds. The Morgan fingerprint density at radius 1 is 0.814 bits per heavy atom. The number of aromatic nitrogens is 2. The number of hydrogen-bond acceptors (Lipinski definition) is 4. The van der Waals surface area contributed by atoms with Crippen LogP contribution in [0.15, 0.2) is 108 Å². The zero-order valence-corrected chi connectivity index (χ0v) is 24.9. The lowest BCUT2D eigenvalue weighted by atomic mass is 9.73. The molecule has 1 aliphatic heterocycles. The van der Waals surface area contributed by atoms with Gasteiger partial charge in [0, 0.05) is 36.8 Å². The lowest BCUT2D eigenvalue weighted by molar-refractivity contribution is 0.142. The maximum atomic E-state index is 14.9. The van der Waals surface area contributed by atoms with Gasteiger partial charge in [0.05, 0.1) is 29.4 Å². The van der Waals surface area contributed by atoms with Crippen LogP contribution < -0.4 is 0 Å². The van der Waals surface area contributed by atoms with Crippen molar-refractivity contribution in [1.29, 1.82) is 0 Å². The lowest BCUT2D eigenvalue weighted by Crippen LogP contribution is -2.42. The minimum absolute atomic E-state index is 0.0161. The quantitative estimate of drug-likeness (QED) is 0.296. The van der Waals surface area contributed by atoms with E-state index in [1.165, 1.54) is 75.4 Å². The highest BCUT2D eigenvalue weighted by Gasteiger charge is 2.41. The highest BCUT2D eigenvalue weighted by atomic mass is 19.1. The van der Waals surface area contributed by atoms with Gasteiger partial charge >= 0.3 is 0 Å². The SMILES string of the molecule is Fc1ccc([C@H]2[C@H](c3ccccn3)C3=CC(=NC4CCCCC4)C=CC3=CN2C2CCCCC2)c(Cc2ccccn2)c1. The Kier molecular flexibility index (Phi) is 8.31. The van der Waals surface area contributed by atoms with E-state index in [1.54, 1.807) is 12.1 Å². The summed E-state index contributed by atoms with van der Waals surface area (Å²) in [4.78, 5) is 17.4. The Morgan fingerprint density at radius 3 is 2.33 bits per heavy atom. The summed E-state index contributed by atoms with van der Waals surface area (Å²) in [7, 11) is 0. The number of fused-ring (bicyclic) bond motifs is 1. The van der Waals surface area contributed by atoms with Gasteiger partial charge in [0.25, 0.3) is 0 Å². The summed E-state index contributed by atoms with van der Waals surface area (Å²) in [5.74, 6) is -0.223. The fourth-order valence-electron chi connectivity index (χ4n) is 7.68. The zero-order chi connectivity index (χ0) is 29.0. The number of hydrogen-bond donors (Lipinski definition) is 0. The second-order valence-corrected chi connectivity index (χ2v) is 12.6. The number of nitrogens with zero attached hydrogens (tertiary/aromatic N) is 4. The van der Waals surface area contributed by atoms with Gasteiger partial charge in [-0.2, -0.15) is 0 Å². The molecule has 2 fully saturated rings. The van der Waals surface area contributed by atoms with E-state index in [1.807, 2.05) is 42.7 Å². The van der Waals surface area contributed by atoms with Crippen LogP contribution in [0, 0.1) is 5.82 Å². The second-order valence-electron chi connectivity index (χ2n) is 12.6. The smallest absolute Gasteiger partial charge is 0.123 e. The zero-order valence-electron chi connectivity index (χ0n) is 24.9. The molecule has 3 aliphatic carbocycles. The Hall–Kier alpha value is -3.86. The fraction of sp³-hybridized carbons (Fsp3) is 0.395. The van der Waals surface area contributed by atoms with Gasteiger partial charge in [0.15, 0.2) is 0 Å². The fourth-order valence-corrected chi connectivity index (χ4v) is 7.68. The number of rotatable bonds is 6. The Balaban J connectivity index is 1.39. The van der Waals surface area contributed by atoms with Gasteiger partial charge in [-0.3, -0.25) is 15.0 Å². The van der Waals surface area contributed by atoms with Crippen LogP contribution in [0.3, 0.4) is 0 Å². The van der Waals surface area contributed by atoms with Crippen molar-refractivity contribution in [2.24, 2.45) is 4.99 Å². The average molecular weight is 573 g/mol. The van der Waals surface area contributed by atoms with Crippen molar-refractivity contribution in [3.05, 3.63) is 131 Å². The van der Waals surface area contributed by atoms with E-state index in [2.05, 4.69) is 46.4 Å². The molecule has 220 valence electrons. The third-order valence-corrected chi connectivity index (χ3v) is 9.76. The van der Waals surface area contributed by atoms with E-state index in [9.17, 15) is 4.39 Å². The molecule has 0 saturated heterocycles. The lowest BCUT2D eigenvalue weighted by Gasteiger charge is -2.48. The maximum absolute atomic E-state index is 14.9. The van der Waals surface area contributed by atoms with E-state index in [4.69, 9.17) is 9.98 Å². The molecule has 5 heteroatoms. The molecule has 3 heterocycles. The number of pyridine rings is 2. The van der Waals surface area contributed by atoms with E-state index in [-0.39, 0.29) is 17.8 Å². The third-order valence-electron chi connectivity index (χ3n) is 9.76. The summed E-state index contributed by atoms with van der Waals surface area (Å²) < 4.78 is 14.9. The molecule has 43 heavy (non-hydrogen) atoms. The van der Waals surface area contributed by atoms with Crippen molar-refractivity contribution in [1.82, 2.24) is 14.9 Å². The minimum Gasteiger partial charge on any atom is -0.366 e. The van der Waals surface area contributed by atoms with E-state index in [0.29, 0.717) is 18.5 Å². The van der Waals surface area contributed by atoms with Gasteiger partial charge in [-0.1, -0.05) is 62.8 Å². The third kappa shape index (κ3) is 6.13. The molecule has 2 atom stereocenters. The van der Waals surface area contributed by atoms with E-state index in [0.717, 1.165) is 28.2 Å². The Morgan fingerprint density at radius 2 is 1.58 bits per heavy atom. The van der Waals surface area contributed by atoms with Crippen LogP contribution >= 0.6 is 0 Å². The number of aliphatic imine (C=N–C) groups is 1. The van der Waals surface area contributed by atoms with Crippen LogP contribution in [0.1, 0.15) is 98.7 Å². The van der Waals surface area contributed by atoms with Crippen molar-refractivity contribution in [2.45, 2.75) is 94.7 Å². The van der Waals surface area contributed by atoms with Crippen LogP contribution in [0.4, 0.5) is 4.39 Å². The molecular weight excluding hydrogens is 531 g/mol. The Labute approximate surface area is 255 Å². The molecular formula is C38H41FN4. The topological polar surface area (TPSA) is 41.4 Å². The van der Waals surface area contributed by atoms with Gasteiger partial charge in [-0.15, -0.1) is 0 Å². The molecule has 2 saturated carbocycles. The minimum atomic E-state index is -0.206. The first-order valence-corrected chi connectivity index (χ1v) is 16.3. The van der Waals surface area contributed by atoms with Crippen LogP contribution in [-0.4, -0.2) is 32.7 Å². The number of halogens is 1. The highest BCUT2D eigenvalue weighted by molar-refractivity contribution is 6.07. The molecule has 0 unspecified atom stereocenters. The monoisotopic (exact) mass is 572 g/mol. The van der Waals surface area contributed by atoms with Crippen molar-refractivity contribution in [3.63, 3.8) is 0 Å². The Bertz CT molecular complexity index is 1530. The van der Waals surface area contributed by atoms with Gasteiger partial charge < -0.3 is 4.90 Å². The first kappa shape index (κ1) is 27.9. The summed E-state index contributed by atoms with van der Waals surface area (Å²) in [6.45, 7) is 0.